The van der Waals surface area contributed by atoms with Gasteiger partial charge in [-0.3, -0.25) is 4.79 Å². The van der Waals surface area contributed by atoms with E-state index in [-0.39, 0.29) is 18.9 Å². The molecule has 0 spiro atoms. The summed E-state index contributed by atoms with van der Waals surface area (Å²) in [7, 11) is 0. The molecule has 5 heteroatoms. The highest BCUT2D eigenvalue weighted by molar-refractivity contribution is 5.67. The van der Waals surface area contributed by atoms with Crippen LogP contribution in [0.15, 0.2) is 0 Å². The Morgan fingerprint density at radius 3 is 2.15 bits per heavy atom. The van der Waals surface area contributed by atoms with E-state index in [9.17, 15) is 15.0 Å². The number of carbonyl (C=O) groups is 1. The van der Waals surface area contributed by atoms with Crippen LogP contribution in [0, 0.1) is 11.8 Å². The number of rotatable bonds is 3. The summed E-state index contributed by atoms with van der Waals surface area (Å²) in [4.78, 5) is 10.3. The zero-order valence-electron chi connectivity index (χ0n) is 7.13. The van der Waals surface area contributed by atoms with E-state index in [4.69, 9.17) is 10.2 Å². The van der Waals surface area contributed by atoms with Crippen LogP contribution >= 0.6 is 0 Å². The summed E-state index contributed by atoms with van der Waals surface area (Å²) in [5.41, 5.74) is 0. The molecule has 1 aliphatic rings. The Labute approximate surface area is 75.6 Å². The minimum absolute atomic E-state index is 0.158. The number of carboxylic acid groups (broad SMARTS) is 1. The highest BCUT2D eigenvalue weighted by Gasteiger charge is 2.41. The number of hydrogen-bond donors (Lipinski definition) is 4. The Balaban J connectivity index is 2.55. The Morgan fingerprint density at radius 1 is 1.23 bits per heavy atom. The monoisotopic (exact) mass is 190 g/mol. The predicted molar refractivity (Wildman–Crippen MR) is 42.9 cm³/mol. The summed E-state index contributed by atoms with van der Waals surface area (Å²) < 4.78 is 0. The van der Waals surface area contributed by atoms with Crippen molar-refractivity contribution in [3.63, 3.8) is 0 Å². The zero-order chi connectivity index (χ0) is 10.0. The lowest BCUT2D eigenvalue weighted by molar-refractivity contribution is -0.139. The fourth-order valence-electron chi connectivity index (χ4n) is 1.84. The first-order valence-electron chi connectivity index (χ1n) is 4.25. The first kappa shape index (κ1) is 10.4. The van der Waals surface area contributed by atoms with Gasteiger partial charge in [0.05, 0.1) is 18.6 Å². The van der Waals surface area contributed by atoms with Crippen molar-refractivity contribution in [3.05, 3.63) is 0 Å². The van der Waals surface area contributed by atoms with Crippen LogP contribution in [0.1, 0.15) is 12.8 Å². The molecule has 0 amide bonds. The lowest BCUT2D eigenvalue weighted by atomic mass is 10.0. The molecule has 0 aromatic rings. The summed E-state index contributed by atoms with van der Waals surface area (Å²) in [6.45, 7) is -0.214. The van der Waals surface area contributed by atoms with Gasteiger partial charge < -0.3 is 20.4 Å². The summed E-state index contributed by atoms with van der Waals surface area (Å²) in [6, 6.07) is 0. The molecule has 0 aromatic heterocycles. The van der Waals surface area contributed by atoms with Crippen LogP contribution in [0.25, 0.3) is 0 Å². The van der Waals surface area contributed by atoms with Crippen LogP contribution in [0.5, 0.6) is 0 Å². The lowest BCUT2D eigenvalue weighted by Gasteiger charge is -2.14. The molecular formula is C8H14O5. The molecule has 13 heavy (non-hydrogen) atoms. The van der Waals surface area contributed by atoms with Gasteiger partial charge in [0.25, 0.3) is 0 Å². The second-order valence-corrected chi connectivity index (χ2v) is 3.52. The first-order valence-corrected chi connectivity index (χ1v) is 4.25. The lowest BCUT2D eigenvalue weighted by Crippen LogP contribution is -2.30. The molecule has 76 valence electrons. The Morgan fingerprint density at radius 2 is 1.77 bits per heavy atom. The highest BCUT2D eigenvalue weighted by atomic mass is 16.4. The summed E-state index contributed by atoms with van der Waals surface area (Å²) in [6.07, 6.45) is -1.80. The summed E-state index contributed by atoms with van der Waals surface area (Å²) >= 11 is 0. The molecule has 5 nitrogen and oxygen atoms in total. The predicted octanol–water partition coefficient (Wildman–Crippen LogP) is -1.19. The van der Waals surface area contributed by atoms with E-state index in [1.165, 1.54) is 0 Å². The molecule has 1 aliphatic carbocycles. The summed E-state index contributed by atoms with van der Waals surface area (Å²) in [5, 5.41) is 36.0. The van der Waals surface area contributed by atoms with Crippen molar-refractivity contribution < 1.29 is 25.2 Å². The second kappa shape index (κ2) is 4.04. The molecule has 4 atom stereocenters. The van der Waals surface area contributed by atoms with E-state index in [1.807, 2.05) is 0 Å². The molecule has 4 N–H and O–H groups in total. The van der Waals surface area contributed by atoms with Gasteiger partial charge in [0.2, 0.25) is 0 Å². The second-order valence-electron chi connectivity index (χ2n) is 3.52. The third-order valence-electron chi connectivity index (χ3n) is 2.59. The molecule has 1 saturated carbocycles. The van der Waals surface area contributed by atoms with Crippen molar-refractivity contribution in [2.24, 2.45) is 11.8 Å². The average molecular weight is 190 g/mol. The topological polar surface area (TPSA) is 98.0 Å². The van der Waals surface area contributed by atoms with E-state index in [1.54, 1.807) is 0 Å². The van der Waals surface area contributed by atoms with Gasteiger partial charge in [-0.2, -0.15) is 0 Å². The van der Waals surface area contributed by atoms with Crippen LogP contribution in [0.4, 0.5) is 0 Å². The van der Waals surface area contributed by atoms with Crippen LogP contribution in [0.3, 0.4) is 0 Å². The largest absolute Gasteiger partial charge is 0.481 e. The van der Waals surface area contributed by atoms with Crippen LogP contribution in [-0.4, -0.2) is 45.2 Å². The minimum Gasteiger partial charge on any atom is -0.481 e. The molecule has 0 bridgehead atoms. The van der Waals surface area contributed by atoms with Gasteiger partial charge in [0.1, 0.15) is 0 Å². The third kappa shape index (κ3) is 2.18. The van der Waals surface area contributed by atoms with E-state index in [0.29, 0.717) is 6.42 Å². The van der Waals surface area contributed by atoms with Gasteiger partial charge in [0, 0.05) is 12.5 Å². The fourth-order valence-corrected chi connectivity index (χ4v) is 1.84. The van der Waals surface area contributed by atoms with Gasteiger partial charge in [-0.15, -0.1) is 0 Å². The van der Waals surface area contributed by atoms with E-state index < -0.39 is 24.1 Å². The number of aliphatic hydroxyl groups is 3. The van der Waals surface area contributed by atoms with E-state index in [0.717, 1.165) is 0 Å². The number of aliphatic hydroxyl groups excluding tert-OH is 3. The fraction of sp³-hybridized carbons (Fsp3) is 0.875. The quantitative estimate of drug-likeness (QED) is 0.448. The van der Waals surface area contributed by atoms with Gasteiger partial charge in [-0.1, -0.05) is 0 Å². The Kier molecular flexibility index (Phi) is 3.24. The van der Waals surface area contributed by atoms with Crippen molar-refractivity contribution in [2.45, 2.75) is 25.0 Å². The van der Waals surface area contributed by atoms with Gasteiger partial charge in [-0.05, 0) is 12.3 Å². The van der Waals surface area contributed by atoms with Crippen molar-refractivity contribution >= 4 is 5.97 Å². The standard InChI is InChI=1S/C8H14O5/c9-3-5-1-4(2-6(10)11)7(12)8(5)13/h4-5,7-9,12-13H,1-3H2,(H,10,11)/t4-,5+,7-,8+/m0/s1. The highest BCUT2D eigenvalue weighted by Crippen LogP contribution is 2.33. The molecular weight excluding hydrogens is 176 g/mol. The van der Waals surface area contributed by atoms with Gasteiger partial charge in [-0.25, -0.2) is 0 Å². The van der Waals surface area contributed by atoms with Gasteiger partial charge >= 0.3 is 5.97 Å². The molecule has 0 heterocycles. The van der Waals surface area contributed by atoms with E-state index >= 15 is 0 Å². The summed E-state index contributed by atoms with van der Waals surface area (Å²) in [5.74, 6) is -1.82. The number of aliphatic carboxylic acids is 1. The third-order valence-corrected chi connectivity index (χ3v) is 2.59. The molecule has 0 aromatic carbocycles. The van der Waals surface area contributed by atoms with Crippen molar-refractivity contribution in [2.75, 3.05) is 6.61 Å². The molecule has 0 unspecified atom stereocenters. The van der Waals surface area contributed by atoms with E-state index in [2.05, 4.69) is 0 Å². The Bertz CT molecular complexity index is 193. The average Bonchev–Trinajstić information content (AvgIpc) is 2.32. The zero-order valence-corrected chi connectivity index (χ0v) is 7.13. The van der Waals surface area contributed by atoms with Crippen molar-refractivity contribution in [1.82, 2.24) is 0 Å². The van der Waals surface area contributed by atoms with Crippen LogP contribution in [-0.2, 0) is 4.79 Å². The minimum atomic E-state index is -1.02. The number of carboxylic acids is 1. The maximum absolute atomic E-state index is 10.3. The first-order chi connectivity index (χ1) is 6.06. The molecule has 0 saturated heterocycles. The van der Waals surface area contributed by atoms with Gasteiger partial charge in [0.15, 0.2) is 0 Å². The maximum Gasteiger partial charge on any atom is 0.303 e. The molecule has 1 fully saturated rings. The molecule has 1 rings (SSSR count). The van der Waals surface area contributed by atoms with Crippen LogP contribution in [0.2, 0.25) is 0 Å². The van der Waals surface area contributed by atoms with Crippen LogP contribution < -0.4 is 0 Å². The molecule has 0 radical (unpaired) electrons. The number of hydrogen-bond acceptors (Lipinski definition) is 4. The van der Waals surface area contributed by atoms with Crippen molar-refractivity contribution in [1.29, 1.82) is 0 Å². The SMILES string of the molecule is O=C(O)C[C@@H]1C[C@H](CO)[C@@H](O)[C@H]1O. The normalized spacial score (nSPS) is 39.3. The smallest absolute Gasteiger partial charge is 0.303 e. The van der Waals surface area contributed by atoms with Crippen molar-refractivity contribution in [3.8, 4) is 0 Å². The Hall–Kier alpha value is -0.650. The molecule has 0 aliphatic heterocycles. The maximum atomic E-state index is 10.3.